The van der Waals surface area contributed by atoms with Gasteiger partial charge in [0, 0.05) is 18.8 Å². The molecule has 0 aliphatic carbocycles. The van der Waals surface area contributed by atoms with Gasteiger partial charge in [0.05, 0.1) is 15.7 Å². The highest BCUT2D eigenvalue weighted by molar-refractivity contribution is 9.10. The molecule has 0 N–H and O–H groups in total. The molecule has 1 aromatic carbocycles. The zero-order chi connectivity index (χ0) is 12.4. The Morgan fingerprint density at radius 3 is 2.94 bits per heavy atom. The number of hydrogen-bond acceptors (Lipinski definition) is 2. The molecule has 2 aromatic rings. The molecule has 0 bridgehead atoms. The first kappa shape index (κ1) is 11.8. The van der Waals surface area contributed by atoms with Gasteiger partial charge in [-0.1, -0.05) is 6.92 Å². The van der Waals surface area contributed by atoms with Crippen molar-refractivity contribution >= 4 is 15.9 Å². The van der Waals surface area contributed by atoms with Crippen molar-refractivity contribution < 1.29 is 4.39 Å². The molecular weight excluding hydrogens is 285 g/mol. The average Bonchev–Trinajstić information content (AvgIpc) is 2.80. The van der Waals surface area contributed by atoms with E-state index in [1.165, 1.54) is 0 Å². The first-order chi connectivity index (χ1) is 8.19. The summed E-state index contributed by atoms with van der Waals surface area (Å²) in [4.78, 5) is 4.14. The molecule has 1 heterocycles. The molecule has 17 heavy (non-hydrogen) atoms. The van der Waals surface area contributed by atoms with E-state index in [0.29, 0.717) is 12.1 Å². The van der Waals surface area contributed by atoms with Crippen molar-refractivity contribution in [1.29, 1.82) is 5.26 Å². The Kier molecular flexibility index (Phi) is 3.25. The minimum atomic E-state index is -0.447. The van der Waals surface area contributed by atoms with Crippen LogP contribution in [0.15, 0.2) is 29.0 Å². The highest BCUT2D eigenvalue weighted by Crippen LogP contribution is 2.26. The summed E-state index contributed by atoms with van der Waals surface area (Å²) >= 11 is 3.09. The number of nitriles is 1. The van der Waals surface area contributed by atoms with E-state index in [4.69, 9.17) is 5.26 Å². The summed E-state index contributed by atoms with van der Waals surface area (Å²) in [7, 11) is 0. The van der Waals surface area contributed by atoms with Gasteiger partial charge >= 0.3 is 0 Å². The van der Waals surface area contributed by atoms with Gasteiger partial charge in [-0.05, 0) is 28.1 Å². The molecule has 2 rings (SSSR count). The van der Waals surface area contributed by atoms with Crippen LogP contribution in [0.3, 0.4) is 0 Å². The average molecular weight is 294 g/mol. The van der Waals surface area contributed by atoms with Crippen LogP contribution in [0, 0.1) is 17.1 Å². The van der Waals surface area contributed by atoms with Crippen molar-refractivity contribution in [2.45, 2.75) is 13.3 Å². The Labute approximate surface area is 107 Å². The zero-order valence-corrected chi connectivity index (χ0v) is 10.7. The summed E-state index contributed by atoms with van der Waals surface area (Å²) in [5, 5.41) is 8.80. The Hall–Kier alpha value is -1.67. The van der Waals surface area contributed by atoms with E-state index >= 15 is 0 Å². The molecule has 0 aliphatic rings. The summed E-state index contributed by atoms with van der Waals surface area (Å²) in [5.41, 5.74) is 0.676. The number of hydrogen-bond donors (Lipinski definition) is 0. The minimum absolute atomic E-state index is 0.188. The van der Waals surface area contributed by atoms with Crippen LogP contribution in [0.4, 0.5) is 4.39 Å². The second-order valence-electron chi connectivity index (χ2n) is 3.44. The van der Waals surface area contributed by atoms with Gasteiger partial charge < -0.3 is 4.57 Å². The number of benzene rings is 1. The lowest BCUT2D eigenvalue weighted by Gasteiger charge is -2.09. The second kappa shape index (κ2) is 4.68. The second-order valence-corrected chi connectivity index (χ2v) is 4.23. The molecule has 0 atom stereocenters. The number of rotatable bonds is 2. The highest BCUT2D eigenvalue weighted by Gasteiger charge is 2.14. The van der Waals surface area contributed by atoms with Crippen molar-refractivity contribution in [3.63, 3.8) is 0 Å². The molecule has 0 unspecified atom stereocenters. The van der Waals surface area contributed by atoms with Gasteiger partial charge in [-0.3, -0.25) is 0 Å². The smallest absolute Gasteiger partial charge is 0.162 e. The van der Waals surface area contributed by atoms with Crippen LogP contribution in [-0.2, 0) is 6.42 Å². The maximum atomic E-state index is 14.1. The van der Waals surface area contributed by atoms with Crippen molar-refractivity contribution in [2.24, 2.45) is 0 Å². The van der Waals surface area contributed by atoms with Gasteiger partial charge in [0.1, 0.15) is 11.9 Å². The lowest BCUT2D eigenvalue weighted by atomic mass is 10.2. The fourth-order valence-corrected chi connectivity index (χ4v) is 2.05. The molecule has 1 aromatic heterocycles. The summed E-state index contributed by atoms with van der Waals surface area (Å²) in [6.07, 6.45) is 4.05. The molecule has 3 nitrogen and oxygen atoms in total. The third-order valence-electron chi connectivity index (χ3n) is 2.48. The van der Waals surface area contributed by atoms with Crippen molar-refractivity contribution in [2.75, 3.05) is 0 Å². The number of imidazole rings is 1. The lowest BCUT2D eigenvalue weighted by molar-refractivity contribution is 0.608. The van der Waals surface area contributed by atoms with E-state index in [0.717, 1.165) is 5.82 Å². The number of nitrogens with zero attached hydrogens (tertiary/aromatic N) is 3. The molecular formula is C12H9BrFN3. The van der Waals surface area contributed by atoms with Crippen LogP contribution in [0.5, 0.6) is 0 Å². The van der Waals surface area contributed by atoms with E-state index in [9.17, 15) is 4.39 Å². The first-order valence-electron chi connectivity index (χ1n) is 5.09. The van der Waals surface area contributed by atoms with Crippen LogP contribution in [-0.4, -0.2) is 9.55 Å². The van der Waals surface area contributed by atoms with E-state index in [2.05, 4.69) is 20.9 Å². The van der Waals surface area contributed by atoms with Crippen LogP contribution < -0.4 is 0 Å². The van der Waals surface area contributed by atoms with Gasteiger partial charge in [-0.2, -0.15) is 5.26 Å². The molecule has 86 valence electrons. The third-order valence-corrected chi connectivity index (χ3v) is 3.25. The van der Waals surface area contributed by atoms with Crippen molar-refractivity contribution in [3.05, 3.63) is 46.2 Å². The number of aryl methyl sites for hydroxylation is 1. The predicted octanol–water partition coefficient (Wildman–Crippen LogP) is 3.21. The topological polar surface area (TPSA) is 41.6 Å². The van der Waals surface area contributed by atoms with Gasteiger partial charge in [0.15, 0.2) is 5.82 Å². The fraction of sp³-hybridized carbons (Fsp3) is 0.167. The molecule has 0 fully saturated rings. The molecule has 5 heteroatoms. The maximum absolute atomic E-state index is 14.1. The van der Waals surface area contributed by atoms with Gasteiger partial charge in [-0.15, -0.1) is 0 Å². The third kappa shape index (κ3) is 1.96. The number of aromatic nitrogens is 2. The van der Waals surface area contributed by atoms with Gasteiger partial charge in [0.25, 0.3) is 0 Å². The van der Waals surface area contributed by atoms with Gasteiger partial charge in [-0.25, -0.2) is 9.37 Å². The van der Waals surface area contributed by atoms with Crippen LogP contribution in [0.1, 0.15) is 18.3 Å². The summed E-state index contributed by atoms with van der Waals surface area (Å²) < 4.78 is 16.0. The molecule has 0 aliphatic heterocycles. The number of halogens is 2. The Balaban J connectivity index is 2.62. The van der Waals surface area contributed by atoms with E-state index in [-0.39, 0.29) is 10.0 Å². The van der Waals surface area contributed by atoms with E-state index in [1.807, 2.05) is 13.0 Å². The molecule has 0 amide bonds. The lowest BCUT2D eigenvalue weighted by Crippen LogP contribution is -2.03. The Bertz CT molecular complexity index is 598. The SMILES string of the molecule is CCc1nccn1-c1ccc(C#N)c(Br)c1F. The van der Waals surface area contributed by atoms with E-state index < -0.39 is 5.82 Å². The monoisotopic (exact) mass is 293 g/mol. The van der Waals surface area contributed by atoms with Crippen LogP contribution in [0.2, 0.25) is 0 Å². The molecule has 0 saturated heterocycles. The Morgan fingerprint density at radius 2 is 2.29 bits per heavy atom. The largest absolute Gasteiger partial charge is 0.301 e. The minimum Gasteiger partial charge on any atom is -0.301 e. The predicted molar refractivity (Wildman–Crippen MR) is 65.3 cm³/mol. The summed E-state index contributed by atoms with van der Waals surface area (Å²) in [6.45, 7) is 1.95. The van der Waals surface area contributed by atoms with Gasteiger partial charge in [0.2, 0.25) is 0 Å². The van der Waals surface area contributed by atoms with Crippen LogP contribution in [0.25, 0.3) is 5.69 Å². The molecule has 0 saturated carbocycles. The van der Waals surface area contributed by atoms with Crippen LogP contribution >= 0.6 is 15.9 Å². The molecule has 0 spiro atoms. The summed E-state index contributed by atoms with van der Waals surface area (Å²) in [6, 6.07) is 5.09. The Morgan fingerprint density at radius 1 is 1.53 bits per heavy atom. The quantitative estimate of drug-likeness (QED) is 0.853. The highest BCUT2D eigenvalue weighted by atomic mass is 79.9. The van der Waals surface area contributed by atoms with Crippen molar-refractivity contribution in [3.8, 4) is 11.8 Å². The fourth-order valence-electron chi connectivity index (χ4n) is 1.63. The molecule has 0 radical (unpaired) electrons. The maximum Gasteiger partial charge on any atom is 0.162 e. The zero-order valence-electron chi connectivity index (χ0n) is 9.11. The van der Waals surface area contributed by atoms with Crippen molar-refractivity contribution in [1.82, 2.24) is 9.55 Å². The normalized spacial score (nSPS) is 10.2. The standard InChI is InChI=1S/C12H9BrFN3/c1-2-10-16-5-6-17(10)9-4-3-8(7-15)11(13)12(9)14/h3-6H,2H2,1H3. The first-order valence-corrected chi connectivity index (χ1v) is 5.89. The summed E-state index contributed by atoms with van der Waals surface area (Å²) in [5.74, 6) is 0.331. The van der Waals surface area contributed by atoms with E-state index in [1.54, 1.807) is 29.1 Å².